The van der Waals surface area contributed by atoms with Crippen molar-refractivity contribution in [3.8, 4) is 0 Å². The van der Waals surface area contributed by atoms with E-state index >= 15 is 0 Å². The lowest BCUT2D eigenvalue weighted by Crippen LogP contribution is -2.33. The first kappa shape index (κ1) is 16.6. The van der Waals surface area contributed by atoms with Crippen molar-refractivity contribution < 1.29 is 9.53 Å². The minimum atomic E-state index is -0.0639. The Morgan fingerprint density at radius 2 is 2.24 bits per heavy atom. The van der Waals surface area contributed by atoms with Gasteiger partial charge in [0.25, 0.3) is 5.91 Å². The van der Waals surface area contributed by atoms with Gasteiger partial charge < -0.3 is 14.6 Å². The molecule has 25 heavy (non-hydrogen) atoms. The van der Waals surface area contributed by atoms with Gasteiger partial charge in [-0.3, -0.25) is 4.79 Å². The molecule has 1 fully saturated rings. The molecule has 0 saturated carbocycles. The summed E-state index contributed by atoms with van der Waals surface area (Å²) in [7, 11) is 0. The molecule has 1 saturated heterocycles. The van der Waals surface area contributed by atoms with Crippen molar-refractivity contribution in [1.29, 1.82) is 0 Å². The quantitative estimate of drug-likeness (QED) is 0.723. The molecule has 4 rings (SSSR count). The topological polar surface area (TPSA) is 43.3 Å². The van der Waals surface area contributed by atoms with Crippen molar-refractivity contribution in [3.05, 3.63) is 58.1 Å². The van der Waals surface area contributed by atoms with E-state index in [0.29, 0.717) is 23.8 Å². The zero-order chi connectivity index (χ0) is 17.2. The largest absolute Gasteiger partial charge is 0.376 e. The SMILES string of the molecule is O=C(NC[C@H]1CCCO1)c1cc2sccc2n1Cc1ccccc1Cl. The minimum absolute atomic E-state index is 0.0639. The summed E-state index contributed by atoms with van der Waals surface area (Å²) in [5.41, 5.74) is 2.73. The number of rotatable bonds is 5. The van der Waals surface area contributed by atoms with E-state index in [1.54, 1.807) is 11.3 Å². The van der Waals surface area contributed by atoms with Crippen LogP contribution in [0, 0.1) is 0 Å². The van der Waals surface area contributed by atoms with Gasteiger partial charge in [0.15, 0.2) is 0 Å². The number of carbonyl (C=O) groups is 1. The van der Waals surface area contributed by atoms with Gasteiger partial charge in [0.2, 0.25) is 0 Å². The molecule has 0 bridgehead atoms. The average molecular weight is 375 g/mol. The van der Waals surface area contributed by atoms with Crippen LogP contribution in [-0.4, -0.2) is 29.7 Å². The summed E-state index contributed by atoms with van der Waals surface area (Å²) in [6.07, 6.45) is 2.21. The van der Waals surface area contributed by atoms with E-state index in [1.165, 1.54) is 0 Å². The third kappa shape index (κ3) is 3.45. The van der Waals surface area contributed by atoms with Crippen molar-refractivity contribution in [2.75, 3.05) is 13.2 Å². The summed E-state index contributed by atoms with van der Waals surface area (Å²) in [5, 5.41) is 5.78. The molecule has 2 aromatic heterocycles. The normalized spacial score (nSPS) is 17.2. The number of hydrogen-bond donors (Lipinski definition) is 1. The molecular weight excluding hydrogens is 356 g/mol. The molecule has 0 aliphatic carbocycles. The smallest absolute Gasteiger partial charge is 0.268 e. The van der Waals surface area contributed by atoms with Gasteiger partial charge in [-0.15, -0.1) is 11.3 Å². The van der Waals surface area contributed by atoms with Crippen LogP contribution in [0.25, 0.3) is 10.2 Å². The summed E-state index contributed by atoms with van der Waals surface area (Å²) in [5.74, 6) is -0.0639. The van der Waals surface area contributed by atoms with Gasteiger partial charge in [0.05, 0.1) is 16.3 Å². The van der Waals surface area contributed by atoms with E-state index in [-0.39, 0.29) is 12.0 Å². The van der Waals surface area contributed by atoms with Crippen LogP contribution in [-0.2, 0) is 11.3 Å². The first-order valence-electron chi connectivity index (χ1n) is 8.42. The fourth-order valence-corrected chi connectivity index (χ4v) is 4.25. The average Bonchev–Trinajstić information content (AvgIpc) is 3.33. The Morgan fingerprint density at radius 3 is 3.04 bits per heavy atom. The van der Waals surface area contributed by atoms with E-state index in [1.807, 2.05) is 46.3 Å². The second kappa shape index (κ2) is 7.20. The van der Waals surface area contributed by atoms with Crippen LogP contribution in [0.15, 0.2) is 41.8 Å². The lowest BCUT2D eigenvalue weighted by Gasteiger charge is -2.14. The molecule has 0 unspecified atom stereocenters. The summed E-state index contributed by atoms with van der Waals surface area (Å²) >= 11 is 7.96. The highest BCUT2D eigenvalue weighted by atomic mass is 35.5. The molecule has 0 radical (unpaired) electrons. The maximum atomic E-state index is 12.7. The van der Waals surface area contributed by atoms with Crippen molar-refractivity contribution in [1.82, 2.24) is 9.88 Å². The van der Waals surface area contributed by atoms with E-state index < -0.39 is 0 Å². The fraction of sp³-hybridized carbons (Fsp3) is 0.316. The second-order valence-corrected chi connectivity index (χ2v) is 7.58. The third-order valence-electron chi connectivity index (χ3n) is 4.56. The Balaban J connectivity index is 1.60. The number of thiophene rings is 1. The number of benzene rings is 1. The monoisotopic (exact) mass is 374 g/mol. The fourth-order valence-electron chi connectivity index (χ4n) is 3.23. The summed E-state index contributed by atoms with van der Waals surface area (Å²) in [6, 6.07) is 11.8. The summed E-state index contributed by atoms with van der Waals surface area (Å²) in [4.78, 5) is 12.7. The van der Waals surface area contributed by atoms with Gasteiger partial charge >= 0.3 is 0 Å². The number of nitrogens with one attached hydrogen (secondary N) is 1. The number of ether oxygens (including phenoxy) is 1. The number of carbonyl (C=O) groups excluding carboxylic acids is 1. The van der Waals surface area contributed by atoms with Crippen LogP contribution in [0.1, 0.15) is 28.9 Å². The molecule has 0 spiro atoms. The van der Waals surface area contributed by atoms with Gasteiger partial charge in [0, 0.05) is 24.7 Å². The third-order valence-corrected chi connectivity index (χ3v) is 5.78. The predicted molar refractivity (Wildman–Crippen MR) is 102 cm³/mol. The Labute approximate surface area is 155 Å². The Kier molecular flexibility index (Phi) is 4.79. The maximum Gasteiger partial charge on any atom is 0.268 e. The lowest BCUT2D eigenvalue weighted by atomic mass is 10.2. The molecule has 1 N–H and O–H groups in total. The zero-order valence-electron chi connectivity index (χ0n) is 13.7. The predicted octanol–water partition coefficient (Wildman–Crippen LogP) is 4.31. The minimum Gasteiger partial charge on any atom is -0.376 e. The lowest BCUT2D eigenvalue weighted by molar-refractivity contribution is 0.0851. The highest BCUT2D eigenvalue weighted by molar-refractivity contribution is 7.17. The van der Waals surface area contributed by atoms with Crippen LogP contribution >= 0.6 is 22.9 Å². The molecular formula is C19H19ClN2O2S. The first-order chi connectivity index (χ1) is 12.2. The van der Waals surface area contributed by atoms with Crippen molar-refractivity contribution in [2.24, 2.45) is 0 Å². The summed E-state index contributed by atoms with van der Waals surface area (Å²) < 4.78 is 8.73. The van der Waals surface area contributed by atoms with E-state index in [0.717, 1.165) is 35.2 Å². The number of fused-ring (bicyclic) bond motifs is 1. The van der Waals surface area contributed by atoms with Crippen LogP contribution in [0.2, 0.25) is 5.02 Å². The zero-order valence-corrected chi connectivity index (χ0v) is 15.3. The van der Waals surface area contributed by atoms with Crippen molar-refractivity contribution >= 4 is 39.1 Å². The van der Waals surface area contributed by atoms with E-state index in [9.17, 15) is 4.79 Å². The van der Waals surface area contributed by atoms with Crippen molar-refractivity contribution in [2.45, 2.75) is 25.5 Å². The number of halogens is 1. The molecule has 6 heteroatoms. The van der Waals surface area contributed by atoms with Crippen LogP contribution in [0.5, 0.6) is 0 Å². The molecule has 4 nitrogen and oxygen atoms in total. The maximum absolute atomic E-state index is 12.7. The Morgan fingerprint density at radius 1 is 1.36 bits per heavy atom. The Bertz CT molecular complexity index is 896. The molecule has 1 aliphatic rings. The molecule has 3 heterocycles. The van der Waals surface area contributed by atoms with Crippen LogP contribution in [0.4, 0.5) is 0 Å². The van der Waals surface area contributed by atoms with Gasteiger partial charge in [-0.05, 0) is 42.0 Å². The first-order valence-corrected chi connectivity index (χ1v) is 9.68. The van der Waals surface area contributed by atoms with Crippen molar-refractivity contribution in [3.63, 3.8) is 0 Å². The van der Waals surface area contributed by atoms with Crippen LogP contribution < -0.4 is 5.32 Å². The van der Waals surface area contributed by atoms with Gasteiger partial charge in [-0.2, -0.15) is 0 Å². The number of aromatic nitrogens is 1. The number of amides is 1. The summed E-state index contributed by atoms with van der Waals surface area (Å²) in [6.45, 7) is 1.92. The van der Waals surface area contributed by atoms with Gasteiger partial charge in [-0.25, -0.2) is 0 Å². The highest BCUT2D eigenvalue weighted by Crippen LogP contribution is 2.27. The molecule has 3 aromatic rings. The molecule has 1 atom stereocenters. The Hall–Kier alpha value is -1.82. The molecule has 1 amide bonds. The van der Waals surface area contributed by atoms with Gasteiger partial charge in [-0.1, -0.05) is 29.8 Å². The number of hydrogen-bond acceptors (Lipinski definition) is 3. The standard InChI is InChI=1S/C19H19ClN2O2S/c20-15-6-2-1-4-13(15)12-22-16-7-9-25-18(16)10-17(22)19(23)21-11-14-5-3-8-24-14/h1-2,4,6-7,9-10,14H,3,5,8,11-12H2,(H,21,23)/t14-/m1/s1. The van der Waals surface area contributed by atoms with Gasteiger partial charge in [0.1, 0.15) is 5.69 Å². The number of nitrogens with zero attached hydrogens (tertiary/aromatic N) is 1. The van der Waals surface area contributed by atoms with E-state index in [2.05, 4.69) is 5.32 Å². The van der Waals surface area contributed by atoms with E-state index in [4.69, 9.17) is 16.3 Å². The van der Waals surface area contributed by atoms with Crippen LogP contribution in [0.3, 0.4) is 0 Å². The molecule has 130 valence electrons. The molecule has 1 aromatic carbocycles. The second-order valence-electron chi connectivity index (χ2n) is 6.22. The molecule has 1 aliphatic heterocycles. The highest BCUT2D eigenvalue weighted by Gasteiger charge is 2.20.